The number of thiophene rings is 1. The maximum atomic E-state index is 12.4. The van der Waals surface area contributed by atoms with Crippen molar-refractivity contribution in [2.45, 2.75) is 23.5 Å². The van der Waals surface area contributed by atoms with Gasteiger partial charge in [-0.25, -0.2) is 8.42 Å². The number of likely N-dealkylation sites (tertiary alicyclic amines) is 1. The van der Waals surface area contributed by atoms with Crippen molar-refractivity contribution in [1.29, 1.82) is 0 Å². The molecular formula is C13H20N2O4S2. The highest BCUT2D eigenvalue weighted by Crippen LogP contribution is 2.24. The highest BCUT2D eigenvalue weighted by atomic mass is 32.2. The van der Waals surface area contributed by atoms with E-state index >= 15 is 0 Å². The van der Waals surface area contributed by atoms with E-state index in [0.29, 0.717) is 11.4 Å². The minimum absolute atomic E-state index is 0.141. The van der Waals surface area contributed by atoms with Crippen LogP contribution in [0.1, 0.15) is 17.7 Å². The van der Waals surface area contributed by atoms with Crippen LogP contribution in [0.3, 0.4) is 0 Å². The molecule has 0 spiro atoms. The van der Waals surface area contributed by atoms with Gasteiger partial charge in [0.05, 0.1) is 6.42 Å². The normalized spacial score (nSPS) is 16.7. The fourth-order valence-electron chi connectivity index (χ4n) is 2.30. The van der Waals surface area contributed by atoms with Gasteiger partial charge in [0.2, 0.25) is 0 Å². The Bertz CT molecular complexity index is 591. The van der Waals surface area contributed by atoms with Gasteiger partial charge in [-0.2, -0.15) is 4.31 Å². The quantitative estimate of drug-likeness (QED) is 0.809. The summed E-state index contributed by atoms with van der Waals surface area (Å²) in [4.78, 5) is 13.5. The Morgan fingerprint density at radius 3 is 2.67 bits per heavy atom. The summed E-state index contributed by atoms with van der Waals surface area (Å²) in [7, 11) is -1.94. The standard InChI is InChI=1S/C13H20N2O4S2/c1-14(8-9-15-6-2-3-7-15)21(18,19)13-5-4-11(20-13)10-12(16)17/h4-5H,2-3,6-10H2,1H3,(H,16,17). The molecule has 0 unspecified atom stereocenters. The smallest absolute Gasteiger partial charge is 0.308 e. The summed E-state index contributed by atoms with van der Waals surface area (Å²) < 4.78 is 26.4. The van der Waals surface area contributed by atoms with E-state index in [1.807, 2.05) is 0 Å². The topological polar surface area (TPSA) is 77.9 Å². The molecule has 1 aromatic heterocycles. The Morgan fingerprint density at radius 2 is 2.05 bits per heavy atom. The molecule has 2 heterocycles. The van der Waals surface area contributed by atoms with Crippen LogP contribution in [0.25, 0.3) is 0 Å². The van der Waals surface area contributed by atoms with E-state index in [2.05, 4.69) is 4.90 Å². The zero-order valence-electron chi connectivity index (χ0n) is 12.0. The fourth-order valence-corrected chi connectivity index (χ4v) is 5.02. The summed E-state index contributed by atoms with van der Waals surface area (Å²) in [6, 6.07) is 3.06. The first-order chi connectivity index (χ1) is 9.89. The van der Waals surface area contributed by atoms with Crippen LogP contribution >= 0.6 is 11.3 Å². The number of nitrogens with zero attached hydrogens (tertiary/aromatic N) is 2. The summed E-state index contributed by atoms with van der Waals surface area (Å²) in [5.41, 5.74) is 0. The van der Waals surface area contributed by atoms with Crippen molar-refractivity contribution in [3.8, 4) is 0 Å². The number of carbonyl (C=O) groups is 1. The third-order valence-corrected chi connectivity index (χ3v) is 6.97. The number of sulfonamides is 1. The summed E-state index contributed by atoms with van der Waals surface area (Å²) in [6.07, 6.45) is 2.22. The van der Waals surface area contributed by atoms with Gasteiger partial charge >= 0.3 is 5.97 Å². The summed E-state index contributed by atoms with van der Waals surface area (Å²) in [6.45, 7) is 3.27. The van der Waals surface area contributed by atoms with Crippen molar-refractivity contribution in [1.82, 2.24) is 9.21 Å². The third-order valence-electron chi connectivity index (χ3n) is 3.56. The first kappa shape index (κ1) is 16.4. The van der Waals surface area contributed by atoms with Gasteiger partial charge in [0, 0.05) is 25.0 Å². The summed E-state index contributed by atoms with van der Waals surface area (Å²) >= 11 is 1.03. The van der Waals surface area contributed by atoms with Crippen LogP contribution < -0.4 is 0 Å². The van der Waals surface area contributed by atoms with Gasteiger partial charge in [-0.05, 0) is 38.1 Å². The van der Waals surface area contributed by atoms with Crippen molar-refractivity contribution in [2.24, 2.45) is 0 Å². The van der Waals surface area contributed by atoms with Gasteiger partial charge in [0.15, 0.2) is 0 Å². The predicted octanol–water partition coefficient (Wildman–Crippen LogP) is 1.09. The number of rotatable bonds is 7. The number of aliphatic carboxylic acids is 1. The van der Waals surface area contributed by atoms with Crippen molar-refractivity contribution < 1.29 is 18.3 Å². The summed E-state index contributed by atoms with van der Waals surface area (Å²) in [5, 5.41) is 8.73. The zero-order valence-corrected chi connectivity index (χ0v) is 13.6. The lowest BCUT2D eigenvalue weighted by Crippen LogP contribution is -2.34. The van der Waals surface area contributed by atoms with Gasteiger partial charge in [-0.15, -0.1) is 11.3 Å². The first-order valence-electron chi connectivity index (χ1n) is 6.89. The second-order valence-corrected chi connectivity index (χ2v) is 8.61. The van der Waals surface area contributed by atoms with E-state index in [4.69, 9.17) is 5.11 Å². The molecule has 0 saturated carbocycles. The lowest BCUT2D eigenvalue weighted by atomic mass is 10.3. The van der Waals surface area contributed by atoms with E-state index in [1.54, 1.807) is 13.1 Å². The van der Waals surface area contributed by atoms with Gasteiger partial charge in [-0.1, -0.05) is 0 Å². The van der Waals surface area contributed by atoms with E-state index in [1.165, 1.54) is 23.2 Å². The van der Waals surface area contributed by atoms with Crippen LogP contribution in [-0.2, 0) is 21.2 Å². The van der Waals surface area contributed by atoms with Crippen LogP contribution in [0.2, 0.25) is 0 Å². The van der Waals surface area contributed by atoms with E-state index in [-0.39, 0.29) is 10.6 Å². The molecule has 118 valence electrons. The Kier molecular flexibility index (Phi) is 5.37. The molecule has 1 N–H and O–H groups in total. The maximum Gasteiger partial charge on any atom is 0.308 e. The fraction of sp³-hybridized carbons (Fsp3) is 0.615. The van der Waals surface area contributed by atoms with E-state index < -0.39 is 16.0 Å². The Labute approximate surface area is 129 Å². The molecule has 1 aliphatic heterocycles. The highest BCUT2D eigenvalue weighted by Gasteiger charge is 2.24. The monoisotopic (exact) mass is 332 g/mol. The molecule has 0 atom stereocenters. The zero-order chi connectivity index (χ0) is 15.5. The van der Waals surface area contributed by atoms with Gasteiger partial charge in [-0.3, -0.25) is 4.79 Å². The molecule has 6 nitrogen and oxygen atoms in total. The van der Waals surface area contributed by atoms with E-state index in [9.17, 15) is 13.2 Å². The molecule has 21 heavy (non-hydrogen) atoms. The molecule has 1 aromatic rings. The second-order valence-electron chi connectivity index (χ2n) is 5.17. The highest BCUT2D eigenvalue weighted by molar-refractivity contribution is 7.91. The van der Waals surface area contributed by atoms with Crippen LogP contribution in [0.4, 0.5) is 0 Å². The Morgan fingerprint density at radius 1 is 1.38 bits per heavy atom. The molecule has 0 amide bonds. The molecule has 1 saturated heterocycles. The van der Waals surface area contributed by atoms with Gasteiger partial charge < -0.3 is 10.0 Å². The average Bonchev–Trinajstić information content (AvgIpc) is 3.06. The van der Waals surface area contributed by atoms with Crippen molar-refractivity contribution >= 4 is 27.3 Å². The number of carboxylic acid groups (broad SMARTS) is 1. The average molecular weight is 332 g/mol. The molecule has 0 bridgehead atoms. The minimum atomic E-state index is -3.51. The molecular weight excluding hydrogens is 312 g/mol. The van der Waals surface area contributed by atoms with Crippen molar-refractivity contribution in [3.63, 3.8) is 0 Å². The van der Waals surface area contributed by atoms with Crippen LogP contribution in [0, 0.1) is 0 Å². The molecule has 8 heteroatoms. The van der Waals surface area contributed by atoms with Crippen LogP contribution in [0.15, 0.2) is 16.3 Å². The predicted molar refractivity (Wildman–Crippen MR) is 81.1 cm³/mol. The van der Waals surface area contributed by atoms with Crippen molar-refractivity contribution in [2.75, 3.05) is 33.2 Å². The number of carboxylic acids is 1. The molecule has 0 aliphatic carbocycles. The van der Waals surface area contributed by atoms with Crippen LogP contribution in [0.5, 0.6) is 0 Å². The van der Waals surface area contributed by atoms with E-state index in [0.717, 1.165) is 31.0 Å². The third kappa shape index (κ3) is 4.26. The molecule has 0 aromatic carbocycles. The second kappa shape index (κ2) is 6.87. The number of likely N-dealkylation sites (N-methyl/N-ethyl adjacent to an activating group) is 1. The van der Waals surface area contributed by atoms with Crippen LogP contribution in [-0.4, -0.2) is 61.9 Å². The number of hydrogen-bond acceptors (Lipinski definition) is 5. The minimum Gasteiger partial charge on any atom is -0.481 e. The Balaban J connectivity index is 1.98. The van der Waals surface area contributed by atoms with Crippen molar-refractivity contribution in [3.05, 3.63) is 17.0 Å². The van der Waals surface area contributed by atoms with Gasteiger partial charge in [0.25, 0.3) is 10.0 Å². The summed E-state index contributed by atoms with van der Waals surface area (Å²) in [5.74, 6) is -0.955. The molecule has 2 rings (SSSR count). The maximum absolute atomic E-state index is 12.4. The van der Waals surface area contributed by atoms with Gasteiger partial charge in [0.1, 0.15) is 4.21 Å². The molecule has 1 aliphatic rings. The first-order valence-corrected chi connectivity index (χ1v) is 9.14. The Hall–Kier alpha value is -0.960. The lowest BCUT2D eigenvalue weighted by Gasteiger charge is -2.20. The lowest BCUT2D eigenvalue weighted by molar-refractivity contribution is -0.136. The number of hydrogen-bond donors (Lipinski definition) is 1. The molecule has 1 fully saturated rings. The largest absolute Gasteiger partial charge is 0.481 e. The molecule has 0 radical (unpaired) electrons. The SMILES string of the molecule is CN(CCN1CCCC1)S(=O)(=O)c1ccc(CC(=O)O)s1.